The third-order valence-corrected chi connectivity index (χ3v) is 5.35. The quantitative estimate of drug-likeness (QED) is 0.575. The Morgan fingerprint density at radius 3 is 2.58 bits per heavy atom. The summed E-state index contributed by atoms with van der Waals surface area (Å²) in [7, 11) is 0. The molecule has 0 fully saturated rings. The molecule has 1 aliphatic rings. The van der Waals surface area contributed by atoms with Crippen LogP contribution in [0, 0.1) is 11.6 Å². The Morgan fingerprint density at radius 1 is 1.10 bits per heavy atom. The Labute approximate surface area is 178 Å². The van der Waals surface area contributed by atoms with E-state index < -0.39 is 11.6 Å². The van der Waals surface area contributed by atoms with Crippen molar-refractivity contribution in [1.82, 2.24) is 0 Å². The van der Waals surface area contributed by atoms with Crippen molar-refractivity contribution >= 4 is 17.4 Å². The van der Waals surface area contributed by atoms with Gasteiger partial charge in [0.25, 0.3) is 0 Å². The lowest BCUT2D eigenvalue weighted by Gasteiger charge is -2.31. The van der Waals surface area contributed by atoms with Crippen LogP contribution in [-0.4, -0.2) is 11.1 Å². The third kappa shape index (κ3) is 4.22. The zero-order valence-corrected chi connectivity index (χ0v) is 17.0. The summed E-state index contributed by atoms with van der Waals surface area (Å²) in [4.78, 5) is 14.4. The first-order valence-electron chi connectivity index (χ1n) is 10.00. The number of rotatable bonds is 6. The molecule has 1 aliphatic heterocycles. The van der Waals surface area contributed by atoms with E-state index in [4.69, 9.17) is 4.74 Å². The first-order chi connectivity index (χ1) is 15.0. The van der Waals surface area contributed by atoms with E-state index in [1.807, 2.05) is 25.1 Å². The zero-order chi connectivity index (χ0) is 22.0. The second-order valence-corrected chi connectivity index (χ2v) is 7.30. The van der Waals surface area contributed by atoms with Crippen molar-refractivity contribution in [2.45, 2.75) is 33.1 Å². The number of amides is 2. The maximum atomic E-state index is 13.9. The number of hydrogen-bond donors (Lipinski definition) is 2. The molecule has 4 rings (SSSR count). The summed E-state index contributed by atoms with van der Waals surface area (Å²) in [6.45, 7) is 1.97. The zero-order valence-electron chi connectivity index (χ0n) is 17.0. The Hall–Kier alpha value is -3.45. The van der Waals surface area contributed by atoms with E-state index in [1.54, 1.807) is 23.1 Å². The summed E-state index contributed by atoms with van der Waals surface area (Å²) in [5.41, 5.74) is 3.77. The van der Waals surface area contributed by atoms with Crippen LogP contribution in [0.1, 0.15) is 29.2 Å². The molecule has 0 saturated carbocycles. The lowest BCUT2D eigenvalue weighted by molar-refractivity contribution is 0.255. The van der Waals surface area contributed by atoms with E-state index in [1.165, 1.54) is 18.2 Å². The molecule has 3 aromatic carbocycles. The minimum Gasteiger partial charge on any atom is -0.489 e. The number of ether oxygens (including phenoxy) is 1. The Balaban J connectivity index is 1.61. The molecule has 0 spiro atoms. The molecular weight excluding hydrogens is 402 g/mol. The summed E-state index contributed by atoms with van der Waals surface area (Å²) < 4.78 is 33.4. The number of aliphatic hydroxyl groups excluding tert-OH is 1. The van der Waals surface area contributed by atoms with Crippen molar-refractivity contribution in [2.24, 2.45) is 0 Å². The number of nitrogens with zero attached hydrogens (tertiary/aromatic N) is 1. The topological polar surface area (TPSA) is 61.8 Å². The molecule has 0 radical (unpaired) electrons. The number of benzene rings is 3. The summed E-state index contributed by atoms with van der Waals surface area (Å²) >= 11 is 0. The van der Waals surface area contributed by atoms with Gasteiger partial charge < -0.3 is 15.2 Å². The van der Waals surface area contributed by atoms with Crippen molar-refractivity contribution in [2.75, 3.05) is 10.2 Å². The third-order valence-electron chi connectivity index (χ3n) is 5.35. The number of aryl methyl sites for hydroxylation is 1. The largest absolute Gasteiger partial charge is 0.489 e. The molecule has 160 valence electrons. The van der Waals surface area contributed by atoms with E-state index in [-0.39, 0.29) is 24.8 Å². The highest BCUT2D eigenvalue weighted by Gasteiger charge is 2.26. The van der Waals surface area contributed by atoms with E-state index in [9.17, 15) is 18.7 Å². The molecule has 0 unspecified atom stereocenters. The van der Waals surface area contributed by atoms with E-state index in [0.717, 1.165) is 16.7 Å². The number of carbonyl (C=O) groups is 1. The average Bonchev–Trinajstić information content (AvgIpc) is 2.77. The molecule has 1 heterocycles. The fourth-order valence-corrected chi connectivity index (χ4v) is 3.61. The highest BCUT2D eigenvalue weighted by Crippen LogP contribution is 2.33. The molecule has 2 N–H and O–H groups in total. The number of halogens is 2. The van der Waals surface area contributed by atoms with Crippen LogP contribution in [-0.2, 0) is 26.2 Å². The smallest absolute Gasteiger partial charge is 0.326 e. The maximum absolute atomic E-state index is 13.9. The first kappa shape index (κ1) is 20.8. The normalized spacial score (nSPS) is 13.0. The van der Waals surface area contributed by atoms with Gasteiger partial charge in [0.1, 0.15) is 24.0 Å². The lowest BCUT2D eigenvalue weighted by atomic mass is 10.0. The SMILES string of the molecule is CCc1ccc(OCc2c(F)cccc2F)cc1N1Cc2ccc(CO)cc2NC1=O. The van der Waals surface area contributed by atoms with Crippen LogP contribution in [0.3, 0.4) is 0 Å². The predicted molar refractivity (Wildman–Crippen MR) is 114 cm³/mol. The summed E-state index contributed by atoms with van der Waals surface area (Å²) in [5, 5.41) is 12.2. The Bertz CT molecular complexity index is 1110. The van der Waals surface area contributed by atoms with Crippen LogP contribution in [0.2, 0.25) is 0 Å². The van der Waals surface area contributed by atoms with Crippen LogP contribution in [0.15, 0.2) is 54.6 Å². The predicted octanol–water partition coefficient (Wildman–Crippen LogP) is 5.15. The molecule has 0 bridgehead atoms. The van der Waals surface area contributed by atoms with Crippen molar-refractivity contribution < 1.29 is 23.4 Å². The van der Waals surface area contributed by atoms with Crippen LogP contribution >= 0.6 is 0 Å². The van der Waals surface area contributed by atoms with Crippen LogP contribution < -0.4 is 15.0 Å². The fourth-order valence-electron chi connectivity index (χ4n) is 3.61. The molecule has 0 saturated heterocycles. The summed E-state index contributed by atoms with van der Waals surface area (Å²) in [5.74, 6) is -0.927. The molecule has 31 heavy (non-hydrogen) atoms. The molecule has 7 heteroatoms. The Kier molecular flexibility index (Phi) is 5.86. The second kappa shape index (κ2) is 8.73. The fraction of sp³-hybridized carbons (Fsp3) is 0.208. The molecule has 0 aromatic heterocycles. The maximum Gasteiger partial charge on any atom is 0.326 e. The van der Waals surface area contributed by atoms with E-state index in [0.29, 0.717) is 30.1 Å². The molecule has 5 nitrogen and oxygen atoms in total. The van der Waals surface area contributed by atoms with Gasteiger partial charge in [-0.05, 0) is 47.4 Å². The molecule has 0 aliphatic carbocycles. The summed E-state index contributed by atoms with van der Waals surface area (Å²) in [6, 6.07) is 14.1. The van der Waals surface area contributed by atoms with Crippen molar-refractivity contribution in [3.63, 3.8) is 0 Å². The van der Waals surface area contributed by atoms with Gasteiger partial charge in [0.15, 0.2) is 0 Å². The van der Waals surface area contributed by atoms with E-state index in [2.05, 4.69) is 5.32 Å². The van der Waals surface area contributed by atoms with Crippen molar-refractivity contribution in [3.05, 3.63) is 88.5 Å². The number of fused-ring (bicyclic) bond motifs is 1. The molecular formula is C24H22F2N2O3. The number of anilines is 2. The number of nitrogens with one attached hydrogen (secondary N) is 1. The van der Waals surface area contributed by atoms with Gasteiger partial charge in [0.05, 0.1) is 24.4 Å². The van der Waals surface area contributed by atoms with Gasteiger partial charge in [-0.3, -0.25) is 4.90 Å². The number of urea groups is 1. The van der Waals surface area contributed by atoms with Crippen LogP contribution in [0.5, 0.6) is 5.75 Å². The molecule has 0 atom stereocenters. The lowest BCUT2D eigenvalue weighted by Crippen LogP contribution is -2.39. The highest BCUT2D eigenvalue weighted by atomic mass is 19.1. The summed E-state index contributed by atoms with van der Waals surface area (Å²) in [6.07, 6.45) is 0.692. The van der Waals surface area contributed by atoms with Gasteiger partial charge in [-0.25, -0.2) is 13.6 Å². The van der Waals surface area contributed by atoms with Crippen LogP contribution in [0.25, 0.3) is 0 Å². The number of carbonyl (C=O) groups excluding carboxylic acids is 1. The second-order valence-electron chi connectivity index (χ2n) is 7.30. The minimum absolute atomic E-state index is 0.102. The van der Waals surface area contributed by atoms with Crippen LogP contribution in [0.4, 0.5) is 25.0 Å². The van der Waals surface area contributed by atoms with Crippen molar-refractivity contribution in [1.29, 1.82) is 0 Å². The number of aliphatic hydroxyl groups is 1. The van der Waals surface area contributed by atoms with Gasteiger partial charge in [-0.1, -0.05) is 31.2 Å². The highest BCUT2D eigenvalue weighted by molar-refractivity contribution is 6.04. The number of hydrogen-bond acceptors (Lipinski definition) is 3. The molecule has 2 amide bonds. The van der Waals surface area contributed by atoms with Gasteiger partial charge >= 0.3 is 6.03 Å². The van der Waals surface area contributed by atoms with Gasteiger partial charge in [-0.15, -0.1) is 0 Å². The Morgan fingerprint density at radius 2 is 1.87 bits per heavy atom. The standard InChI is InChI=1S/C24H22F2N2O3/c1-2-16-8-9-18(31-14-19-20(25)4-3-5-21(19)26)11-23(16)28-12-17-7-6-15(13-29)10-22(17)27-24(28)30/h3-11,29H,2,12-14H2,1H3,(H,27,30). The van der Waals surface area contributed by atoms with E-state index >= 15 is 0 Å². The van der Waals surface area contributed by atoms with Gasteiger partial charge in [-0.2, -0.15) is 0 Å². The molecule has 3 aromatic rings. The minimum atomic E-state index is -0.667. The average molecular weight is 424 g/mol. The van der Waals surface area contributed by atoms with Gasteiger partial charge in [0.2, 0.25) is 0 Å². The van der Waals surface area contributed by atoms with Crippen molar-refractivity contribution in [3.8, 4) is 5.75 Å². The van der Waals surface area contributed by atoms with Gasteiger partial charge in [0, 0.05) is 11.8 Å². The first-order valence-corrected chi connectivity index (χ1v) is 10.00. The monoisotopic (exact) mass is 424 g/mol.